The highest BCUT2D eigenvalue weighted by Crippen LogP contribution is 2.19. The van der Waals surface area contributed by atoms with Crippen LogP contribution < -0.4 is 0 Å². The summed E-state index contributed by atoms with van der Waals surface area (Å²) in [6.07, 6.45) is 2.31. The molecule has 0 saturated heterocycles. The summed E-state index contributed by atoms with van der Waals surface area (Å²) in [6, 6.07) is 11.4. The summed E-state index contributed by atoms with van der Waals surface area (Å²) in [5.74, 6) is 1.38. The molecule has 0 bridgehead atoms. The molecule has 6 heteroatoms. The second-order valence-corrected chi connectivity index (χ2v) is 4.96. The van der Waals surface area contributed by atoms with E-state index >= 15 is 0 Å². The van der Waals surface area contributed by atoms with Gasteiger partial charge in [0.05, 0.1) is 34.9 Å². The lowest BCUT2D eigenvalue weighted by Crippen LogP contribution is -2.07. The molecule has 0 aliphatic carbocycles. The first-order valence-electron chi connectivity index (χ1n) is 6.53. The van der Waals surface area contributed by atoms with Gasteiger partial charge in [-0.2, -0.15) is 15.5 Å². The molecule has 5 nitrogen and oxygen atoms in total. The van der Waals surface area contributed by atoms with E-state index in [1.54, 1.807) is 12.3 Å². The van der Waals surface area contributed by atoms with Crippen LogP contribution in [0.25, 0.3) is 11.0 Å². The largest absolute Gasteiger partial charge is 0.322 e. The molecule has 0 unspecified atom stereocenters. The van der Waals surface area contributed by atoms with Crippen LogP contribution >= 0.6 is 11.6 Å². The topological polar surface area (TPSA) is 67.4 Å². The molecule has 3 rings (SSSR count). The highest BCUT2D eigenvalue weighted by atomic mass is 35.5. The monoisotopic (exact) mass is 297 g/mol. The first-order chi connectivity index (χ1) is 10.3. The molecule has 0 radical (unpaired) electrons. The Balaban J connectivity index is 2.12. The number of aryl methyl sites for hydroxylation is 1. The van der Waals surface area contributed by atoms with Crippen molar-refractivity contribution < 1.29 is 0 Å². The molecule has 0 spiro atoms. The summed E-state index contributed by atoms with van der Waals surface area (Å²) in [7, 11) is 0. The van der Waals surface area contributed by atoms with E-state index in [9.17, 15) is 0 Å². The highest BCUT2D eigenvalue weighted by molar-refractivity contribution is 6.17. The third-order valence-corrected chi connectivity index (χ3v) is 3.41. The predicted molar refractivity (Wildman–Crippen MR) is 80.0 cm³/mol. The van der Waals surface area contributed by atoms with E-state index in [4.69, 9.17) is 16.9 Å². The maximum atomic E-state index is 9.06. The first-order valence-corrected chi connectivity index (χ1v) is 7.07. The zero-order valence-corrected chi connectivity index (χ0v) is 12.0. The highest BCUT2D eigenvalue weighted by Gasteiger charge is 2.12. The minimum Gasteiger partial charge on any atom is -0.322 e. The lowest BCUT2D eigenvalue weighted by atomic mass is 10.2. The van der Waals surface area contributed by atoms with Crippen molar-refractivity contribution in [3.05, 3.63) is 53.6 Å². The molecular weight excluding hydrogens is 286 g/mol. The third kappa shape index (κ3) is 2.71. The minimum atomic E-state index is 0.495. The first kappa shape index (κ1) is 13.5. The van der Waals surface area contributed by atoms with Crippen LogP contribution in [0.15, 0.2) is 36.5 Å². The normalized spacial score (nSPS) is 10.7. The summed E-state index contributed by atoms with van der Waals surface area (Å²) in [5.41, 5.74) is 3.23. The SMILES string of the molecule is N#Cc1ccc2nc(CCCl)n(Cc3cccnn3)c2c1. The van der Waals surface area contributed by atoms with E-state index in [2.05, 4.69) is 21.3 Å². The smallest absolute Gasteiger partial charge is 0.111 e. The van der Waals surface area contributed by atoms with Crippen molar-refractivity contribution in [1.29, 1.82) is 5.26 Å². The number of rotatable bonds is 4. The van der Waals surface area contributed by atoms with E-state index < -0.39 is 0 Å². The number of benzene rings is 1. The Hall–Kier alpha value is -2.45. The number of aromatic nitrogens is 4. The molecule has 0 fully saturated rings. The average Bonchev–Trinajstić information content (AvgIpc) is 2.86. The fourth-order valence-electron chi connectivity index (χ4n) is 2.27. The molecule has 3 aromatic rings. The molecule has 0 saturated carbocycles. The maximum absolute atomic E-state index is 9.06. The lowest BCUT2D eigenvalue weighted by molar-refractivity contribution is 0.724. The van der Waals surface area contributed by atoms with Gasteiger partial charge in [-0.25, -0.2) is 4.98 Å². The molecule has 21 heavy (non-hydrogen) atoms. The van der Waals surface area contributed by atoms with Gasteiger partial charge >= 0.3 is 0 Å². The van der Waals surface area contributed by atoms with Crippen molar-refractivity contribution >= 4 is 22.6 Å². The zero-order valence-electron chi connectivity index (χ0n) is 11.2. The zero-order chi connectivity index (χ0) is 14.7. The number of hydrogen-bond acceptors (Lipinski definition) is 4. The van der Waals surface area contributed by atoms with Crippen molar-refractivity contribution in [2.45, 2.75) is 13.0 Å². The number of halogens is 1. The van der Waals surface area contributed by atoms with Crippen LogP contribution in [-0.4, -0.2) is 25.6 Å². The number of alkyl halides is 1. The molecule has 2 heterocycles. The van der Waals surface area contributed by atoms with Crippen molar-refractivity contribution in [2.24, 2.45) is 0 Å². The molecule has 0 amide bonds. The summed E-state index contributed by atoms with van der Waals surface area (Å²) in [5, 5.41) is 17.1. The Labute approximate surface area is 126 Å². The van der Waals surface area contributed by atoms with Gasteiger partial charge in [0.15, 0.2) is 0 Å². The Morgan fingerprint density at radius 1 is 1.29 bits per heavy atom. The summed E-state index contributed by atoms with van der Waals surface area (Å²) in [6.45, 7) is 0.561. The molecule has 104 valence electrons. The molecule has 2 aromatic heterocycles. The van der Waals surface area contributed by atoms with Crippen LogP contribution in [0.1, 0.15) is 17.1 Å². The van der Waals surface area contributed by atoms with Gasteiger partial charge in [0.25, 0.3) is 0 Å². The van der Waals surface area contributed by atoms with E-state index in [0.717, 1.165) is 22.6 Å². The molecule has 0 aliphatic heterocycles. The number of fused-ring (bicyclic) bond motifs is 1. The fraction of sp³-hybridized carbons (Fsp3) is 0.200. The fourth-order valence-corrected chi connectivity index (χ4v) is 2.44. The Morgan fingerprint density at radius 3 is 2.90 bits per heavy atom. The summed E-state index contributed by atoms with van der Waals surface area (Å²) >= 11 is 5.86. The van der Waals surface area contributed by atoms with Crippen molar-refractivity contribution in [1.82, 2.24) is 19.7 Å². The van der Waals surface area contributed by atoms with Crippen LogP contribution in [0, 0.1) is 11.3 Å². The van der Waals surface area contributed by atoms with Crippen molar-refractivity contribution in [3.63, 3.8) is 0 Å². The van der Waals surface area contributed by atoms with Gasteiger partial charge in [0.2, 0.25) is 0 Å². The second-order valence-electron chi connectivity index (χ2n) is 4.58. The molecule has 0 atom stereocenters. The van der Waals surface area contributed by atoms with Gasteiger partial charge in [-0.05, 0) is 30.3 Å². The maximum Gasteiger partial charge on any atom is 0.111 e. The van der Waals surface area contributed by atoms with Crippen LogP contribution in [-0.2, 0) is 13.0 Å². The molecule has 0 aliphatic rings. The van der Waals surface area contributed by atoms with Crippen LogP contribution in [0.5, 0.6) is 0 Å². The Morgan fingerprint density at radius 2 is 2.19 bits per heavy atom. The standard InChI is InChI=1S/C15H12ClN5/c16-6-5-15-19-13-4-3-11(9-17)8-14(13)21(15)10-12-2-1-7-18-20-12/h1-4,7-8H,5-6,10H2. The van der Waals surface area contributed by atoms with Gasteiger partial charge in [-0.1, -0.05) is 0 Å². The summed E-state index contributed by atoms with van der Waals surface area (Å²) in [4.78, 5) is 4.59. The summed E-state index contributed by atoms with van der Waals surface area (Å²) < 4.78 is 2.04. The van der Waals surface area contributed by atoms with Gasteiger partial charge in [0, 0.05) is 18.5 Å². The number of hydrogen-bond donors (Lipinski definition) is 0. The van der Waals surface area contributed by atoms with E-state index in [1.165, 1.54) is 0 Å². The van der Waals surface area contributed by atoms with Crippen LogP contribution in [0.2, 0.25) is 0 Å². The third-order valence-electron chi connectivity index (χ3n) is 3.22. The molecular formula is C15H12ClN5. The Kier molecular flexibility index (Phi) is 3.80. The van der Waals surface area contributed by atoms with Crippen LogP contribution in [0.3, 0.4) is 0 Å². The van der Waals surface area contributed by atoms with Gasteiger partial charge in [-0.3, -0.25) is 0 Å². The van der Waals surface area contributed by atoms with Crippen molar-refractivity contribution in [3.8, 4) is 6.07 Å². The predicted octanol–water partition coefficient (Wildman–Crippen LogP) is 2.53. The van der Waals surface area contributed by atoms with Gasteiger partial charge in [0.1, 0.15) is 5.82 Å². The van der Waals surface area contributed by atoms with Gasteiger partial charge in [-0.15, -0.1) is 11.6 Å². The molecule has 0 N–H and O–H groups in total. The van der Waals surface area contributed by atoms with E-state index in [1.807, 2.05) is 28.8 Å². The second kappa shape index (κ2) is 5.90. The van der Waals surface area contributed by atoms with E-state index in [-0.39, 0.29) is 0 Å². The number of nitriles is 1. The number of nitrogens with zero attached hydrogens (tertiary/aromatic N) is 5. The minimum absolute atomic E-state index is 0.495. The quantitative estimate of drug-likeness (QED) is 0.694. The Bertz CT molecular complexity index is 804. The van der Waals surface area contributed by atoms with Crippen LogP contribution in [0.4, 0.5) is 0 Å². The lowest BCUT2D eigenvalue weighted by Gasteiger charge is -2.07. The average molecular weight is 298 g/mol. The van der Waals surface area contributed by atoms with Crippen molar-refractivity contribution in [2.75, 3.05) is 5.88 Å². The molecule has 1 aromatic carbocycles. The number of imidazole rings is 1. The van der Waals surface area contributed by atoms with Gasteiger partial charge < -0.3 is 4.57 Å². The van der Waals surface area contributed by atoms with E-state index in [0.29, 0.717) is 24.4 Å².